The fourth-order valence-corrected chi connectivity index (χ4v) is 1.60. The summed E-state index contributed by atoms with van der Waals surface area (Å²) in [7, 11) is 0. The van der Waals surface area contributed by atoms with Gasteiger partial charge in [-0.2, -0.15) is 0 Å². The van der Waals surface area contributed by atoms with E-state index in [1.165, 1.54) is 24.8 Å². The minimum Gasteiger partial charge on any atom is -0.488 e. The van der Waals surface area contributed by atoms with Gasteiger partial charge in [-0.15, -0.1) is 0 Å². The van der Waals surface area contributed by atoms with Gasteiger partial charge in [-0.05, 0) is 37.0 Å². The van der Waals surface area contributed by atoms with Crippen molar-refractivity contribution in [1.29, 1.82) is 0 Å². The smallest absolute Gasteiger partial charge is 0.138 e. The van der Waals surface area contributed by atoms with Crippen molar-refractivity contribution in [2.45, 2.75) is 19.3 Å². The van der Waals surface area contributed by atoms with Crippen LogP contribution in [0.3, 0.4) is 0 Å². The maximum Gasteiger partial charge on any atom is 0.138 e. The Morgan fingerprint density at radius 1 is 1.43 bits per heavy atom. The topological polar surface area (TPSA) is 22.1 Å². The molecular weight excluding hydrogens is 198 g/mol. The summed E-state index contributed by atoms with van der Waals surface area (Å²) in [5.74, 6) is 0.780. The van der Waals surface area contributed by atoms with E-state index in [1.807, 2.05) is 6.07 Å². The SMILES string of the molecule is Clc1ccc(OCC2=CCCC2)cn1. The highest BCUT2D eigenvalue weighted by molar-refractivity contribution is 6.29. The molecule has 0 atom stereocenters. The van der Waals surface area contributed by atoms with Gasteiger partial charge in [0, 0.05) is 0 Å². The molecule has 0 N–H and O–H groups in total. The third-order valence-corrected chi connectivity index (χ3v) is 2.48. The molecule has 0 radical (unpaired) electrons. The summed E-state index contributed by atoms with van der Waals surface area (Å²) in [6.07, 6.45) is 7.53. The van der Waals surface area contributed by atoms with E-state index in [1.54, 1.807) is 12.3 Å². The third-order valence-electron chi connectivity index (χ3n) is 2.26. The fourth-order valence-electron chi connectivity index (χ4n) is 1.49. The van der Waals surface area contributed by atoms with Gasteiger partial charge in [-0.3, -0.25) is 0 Å². The molecule has 1 aromatic heterocycles. The number of rotatable bonds is 3. The van der Waals surface area contributed by atoms with Gasteiger partial charge in [-0.25, -0.2) is 4.98 Å². The van der Waals surface area contributed by atoms with Crippen molar-refractivity contribution in [1.82, 2.24) is 4.98 Å². The summed E-state index contributed by atoms with van der Waals surface area (Å²) in [5, 5.41) is 0.498. The van der Waals surface area contributed by atoms with Crippen molar-refractivity contribution in [3.8, 4) is 5.75 Å². The Morgan fingerprint density at radius 2 is 2.36 bits per heavy atom. The first-order valence-corrected chi connectivity index (χ1v) is 5.14. The van der Waals surface area contributed by atoms with Crippen molar-refractivity contribution in [3.63, 3.8) is 0 Å². The average Bonchev–Trinajstić information content (AvgIpc) is 2.70. The Bertz CT molecular complexity index is 332. The minimum absolute atomic E-state index is 0.498. The van der Waals surface area contributed by atoms with E-state index in [4.69, 9.17) is 16.3 Å². The first-order chi connectivity index (χ1) is 6.84. The Labute approximate surface area is 88.6 Å². The van der Waals surface area contributed by atoms with Crippen LogP contribution in [0.2, 0.25) is 5.15 Å². The second kappa shape index (κ2) is 4.47. The maximum absolute atomic E-state index is 5.66. The molecule has 2 nitrogen and oxygen atoms in total. The van der Waals surface area contributed by atoms with Crippen LogP contribution >= 0.6 is 11.6 Å². The van der Waals surface area contributed by atoms with E-state index < -0.39 is 0 Å². The molecule has 74 valence electrons. The van der Waals surface area contributed by atoms with Crippen LogP contribution in [0.25, 0.3) is 0 Å². The first-order valence-electron chi connectivity index (χ1n) is 4.77. The molecule has 1 aliphatic rings. The number of hydrogen-bond donors (Lipinski definition) is 0. The lowest BCUT2D eigenvalue weighted by Gasteiger charge is -2.05. The molecular formula is C11H12ClNO. The monoisotopic (exact) mass is 209 g/mol. The fraction of sp³-hybridized carbons (Fsp3) is 0.364. The molecule has 0 bridgehead atoms. The van der Waals surface area contributed by atoms with Gasteiger partial charge in [0.1, 0.15) is 17.5 Å². The van der Waals surface area contributed by atoms with Gasteiger partial charge >= 0.3 is 0 Å². The number of aromatic nitrogens is 1. The van der Waals surface area contributed by atoms with Gasteiger partial charge in [0.15, 0.2) is 0 Å². The van der Waals surface area contributed by atoms with Crippen LogP contribution in [0.4, 0.5) is 0 Å². The summed E-state index contributed by atoms with van der Waals surface area (Å²) < 4.78 is 5.56. The Balaban J connectivity index is 1.88. The van der Waals surface area contributed by atoms with Crippen LogP contribution in [0.5, 0.6) is 5.75 Å². The molecule has 0 amide bonds. The number of hydrogen-bond acceptors (Lipinski definition) is 2. The normalized spacial score (nSPS) is 15.4. The van der Waals surface area contributed by atoms with Crippen molar-refractivity contribution in [2.24, 2.45) is 0 Å². The molecule has 3 heteroatoms. The molecule has 0 spiro atoms. The van der Waals surface area contributed by atoms with E-state index >= 15 is 0 Å². The van der Waals surface area contributed by atoms with Gasteiger partial charge in [-0.1, -0.05) is 17.7 Å². The Kier molecular flexibility index (Phi) is 3.04. The zero-order valence-electron chi connectivity index (χ0n) is 7.87. The number of pyridine rings is 1. The van der Waals surface area contributed by atoms with Crippen LogP contribution in [0.15, 0.2) is 30.0 Å². The second-order valence-electron chi connectivity index (χ2n) is 3.36. The molecule has 0 unspecified atom stereocenters. The first kappa shape index (κ1) is 9.53. The van der Waals surface area contributed by atoms with E-state index in [2.05, 4.69) is 11.1 Å². The predicted octanol–water partition coefficient (Wildman–Crippen LogP) is 3.22. The summed E-state index contributed by atoms with van der Waals surface area (Å²) in [5.41, 5.74) is 1.39. The highest BCUT2D eigenvalue weighted by atomic mass is 35.5. The largest absolute Gasteiger partial charge is 0.488 e. The summed E-state index contributed by atoms with van der Waals surface area (Å²) in [6.45, 7) is 0.684. The minimum atomic E-state index is 0.498. The zero-order valence-corrected chi connectivity index (χ0v) is 8.63. The molecule has 2 rings (SSSR count). The third kappa shape index (κ3) is 2.48. The van der Waals surface area contributed by atoms with Crippen LogP contribution < -0.4 is 4.74 Å². The molecule has 1 aliphatic carbocycles. The average molecular weight is 210 g/mol. The molecule has 14 heavy (non-hydrogen) atoms. The summed E-state index contributed by atoms with van der Waals surface area (Å²) in [4.78, 5) is 3.95. The predicted molar refractivity (Wildman–Crippen MR) is 56.7 cm³/mol. The summed E-state index contributed by atoms with van der Waals surface area (Å²) in [6, 6.07) is 3.57. The molecule has 0 saturated carbocycles. The number of nitrogens with zero attached hydrogens (tertiary/aromatic N) is 1. The number of ether oxygens (including phenoxy) is 1. The molecule has 1 heterocycles. The highest BCUT2D eigenvalue weighted by Crippen LogP contribution is 2.19. The molecule has 0 saturated heterocycles. The number of allylic oxidation sites excluding steroid dienone is 1. The van der Waals surface area contributed by atoms with Gasteiger partial charge in [0.25, 0.3) is 0 Å². The van der Waals surface area contributed by atoms with E-state index in [0.717, 1.165) is 5.75 Å². The Morgan fingerprint density at radius 3 is 3.00 bits per heavy atom. The van der Waals surface area contributed by atoms with Gasteiger partial charge in [0.05, 0.1) is 6.20 Å². The van der Waals surface area contributed by atoms with Crippen LogP contribution in [0.1, 0.15) is 19.3 Å². The zero-order chi connectivity index (χ0) is 9.80. The lowest BCUT2D eigenvalue weighted by atomic mass is 10.2. The van der Waals surface area contributed by atoms with Crippen molar-refractivity contribution >= 4 is 11.6 Å². The van der Waals surface area contributed by atoms with Crippen molar-refractivity contribution in [2.75, 3.05) is 6.61 Å². The maximum atomic E-state index is 5.66. The highest BCUT2D eigenvalue weighted by Gasteiger charge is 2.04. The molecule has 0 aliphatic heterocycles. The van der Waals surface area contributed by atoms with Crippen molar-refractivity contribution in [3.05, 3.63) is 35.1 Å². The Hall–Kier alpha value is -1.02. The number of halogens is 1. The summed E-state index contributed by atoms with van der Waals surface area (Å²) >= 11 is 5.66. The van der Waals surface area contributed by atoms with Crippen molar-refractivity contribution < 1.29 is 4.74 Å². The quantitative estimate of drug-likeness (QED) is 0.563. The van der Waals surface area contributed by atoms with Gasteiger partial charge < -0.3 is 4.74 Å². The van der Waals surface area contributed by atoms with Gasteiger partial charge in [0.2, 0.25) is 0 Å². The standard InChI is InChI=1S/C11H12ClNO/c12-11-6-5-10(7-13-11)14-8-9-3-1-2-4-9/h3,5-7H,1-2,4,8H2. The molecule has 0 aromatic carbocycles. The van der Waals surface area contributed by atoms with Crippen LogP contribution in [0, 0.1) is 0 Å². The lowest BCUT2D eigenvalue weighted by Crippen LogP contribution is -1.99. The van der Waals surface area contributed by atoms with E-state index in [-0.39, 0.29) is 0 Å². The lowest BCUT2D eigenvalue weighted by molar-refractivity contribution is 0.347. The van der Waals surface area contributed by atoms with E-state index in [0.29, 0.717) is 11.8 Å². The molecule has 1 aromatic rings. The van der Waals surface area contributed by atoms with Crippen LogP contribution in [-0.2, 0) is 0 Å². The second-order valence-corrected chi connectivity index (χ2v) is 3.75. The van der Waals surface area contributed by atoms with Crippen LogP contribution in [-0.4, -0.2) is 11.6 Å². The van der Waals surface area contributed by atoms with E-state index in [9.17, 15) is 0 Å². The molecule has 0 fully saturated rings.